The maximum absolute atomic E-state index is 12.5. The summed E-state index contributed by atoms with van der Waals surface area (Å²) in [7, 11) is 0. The number of rotatable bonds is 5. The summed E-state index contributed by atoms with van der Waals surface area (Å²) in [5, 5.41) is 6.27. The lowest BCUT2D eigenvalue weighted by molar-refractivity contribution is -0.121. The Morgan fingerprint density at radius 2 is 1.84 bits per heavy atom. The number of amides is 2. The van der Waals surface area contributed by atoms with E-state index in [0.717, 1.165) is 6.42 Å². The van der Waals surface area contributed by atoms with Crippen molar-refractivity contribution in [2.24, 2.45) is 5.92 Å². The molecule has 1 fully saturated rings. The Hall–Kier alpha value is -2.84. The van der Waals surface area contributed by atoms with Gasteiger partial charge in [-0.2, -0.15) is 0 Å². The van der Waals surface area contributed by atoms with Crippen molar-refractivity contribution in [3.63, 3.8) is 0 Å². The van der Waals surface area contributed by atoms with Gasteiger partial charge in [0.05, 0.1) is 24.8 Å². The second kappa shape index (κ2) is 9.98. The third-order valence-electron chi connectivity index (χ3n) is 5.34. The van der Waals surface area contributed by atoms with E-state index in [2.05, 4.69) is 20.5 Å². The number of benzene rings is 1. The molecule has 0 radical (unpaired) electrons. The smallest absolute Gasteiger partial charge is 0.238 e. The molecule has 0 atom stereocenters. The van der Waals surface area contributed by atoms with Crippen molar-refractivity contribution >= 4 is 34.9 Å². The molecule has 0 aliphatic carbocycles. The molecule has 3 heterocycles. The van der Waals surface area contributed by atoms with Crippen molar-refractivity contribution < 1.29 is 19.1 Å². The number of pyridine rings is 1. The van der Waals surface area contributed by atoms with Crippen LogP contribution in [0.15, 0.2) is 36.5 Å². The molecule has 0 unspecified atom stereocenters. The van der Waals surface area contributed by atoms with E-state index in [1.54, 1.807) is 18.2 Å². The lowest BCUT2D eigenvalue weighted by Gasteiger charge is -2.30. The Balaban J connectivity index is 1.23. The fourth-order valence-electron chi connectivity index (χ4n) is 3.68. The highest BCUT2D eigenvalue weighted by Crippen LogP contribution is 2.32. The number of nitrogens with zero attached hydrogens (tertiary/aromatic N) is 2. The van der Waals surface area contributed by atoms with Gasteiger partial charge in [-0.25, -0.2) is 4.98 Å². The Morgan fingerprint density at radius 3 is 2.58 bits per heavy atom. The van der Waals surface area contributed by atoms with E-state index >= 15 is 0 Å². The monoisotopic (exact) mass is 444 g/mol. The van der Waals surface area contributed by atoms with Crippen LogP contribution in [0, 0.1) is 5.92 Å². The summed E-state index contributed by atoms with van der Waals surface area (Å²) in [5.74, 6) is 1.60. The second-order valence-electron chi connectivity index (χ2n) is 7.66. The molecular weight excluding hydrogens is 420 g/mol. The van der Waals surface area contributed by atoms with Gasteiger partial charge in [-0.1, -0.05) is 11.6 Å². The molecule has 0 spiro atoms. The van der Waals surface area contributed by atoms with Gasteiger partial charge < -0.3 is 20.1 Å². The molecule has 2 aliphatic rings. The highest BCUT2D eigenvalue weighted by atomic mass is 35.5. The average molecular weight is 445 g/mol. The Bertz CT molecular complexity index is 930. The topological polar surface area (TPSA) is 92.8 Å². The minimum Gasteiger partial charge on any atom is -0.490 e. The molecule has 2 amide bonds. The molecule has 2 N–H and O–H groups in total. The second-order valence-corrected chi connectivity index (χ2v) is 8.10. The summed E-state index contributed by atoms with van der Waals surface area (Å²) >= 11 is 5.82. The number of anilines is 2. The highest BCUT2D eigenvalue weighted by molar-refractivity contribution is 6.30. The average Bonchev–Trinajstić information content (AvgIpc) is 3.01. The molecule has 2 aliphatic heterocycles. The standard InChI is InChI=1S/C22H25ClN4O4/c23-16-2-5-20(24-13-16)26-22(29)15-6-8-27(9-7-15)14-21(28)25-17-3-4-18-19(12-17)31-11-1-10-30-18/h2-5,12-13,15H,1,6-11,14H2,(H,25,28)(H,24,26,29). The van der Waals surface area contributed by atoms with Crippen LogP contribution >= 0.6 is 11.6 Å². The summed E-state index contributed by atoms with van der Waals surface area (Å²) < 4.78 is 11.3. The number of carbonyl (C=O) groups is 2. The Kier molecular flexibility index (Phi) is 6.89. The van der Waals surface area contributed by atoms with Crippen LogP contribution in [0.2, 0.25) is 5.02 Å². The largest absolute Gasteiger partial charge is 0.490 e. The van der Waals surface area contributed by atoms with Crippen molar-refractivity contribution in [1.82, 2.24) is 9.88 Å². The molecule has 164 valence electrons. The number of carbonyl (C=O) groups excluding carboxylic acids is 2. The Morgan fingerprint density at radius 1 is 1.06 bits per heavy atom. The van der Waals surface area contributed by atoms with E-state index in [4.69, 9.17) is 21.1 Å². The summed E-state index contributed by atoms with van der Waals surface area (Å²) in [6.45, 7) is 2.87. The maximum atomic E-state index is 12.5. The fraction of sp³-hybridized carbons (Fsp3) is 0.409. The van der Waals surface area contributed by atoms with Crippen LogP contribution in [0.3, 0.4) is 0 Å². The zero-order valence-electron chi connectivity index (χ0n) is 17.1. The molecule has 1 aromatic heterocycles. The number of piperidine rings is 1. The molecule has 31 heavy (non-hydrogen) atoms. The highest BCUT2D eigenvalue weighted by Gasteiger charge is 2.26. The van der Waals surface area contributed by atoms with Crippen LogP contribution in [0.4, 0.5) is 11.5 Å². The van der Waals surface area contributed by atoms with Gasteiger partial charge in [0.25, 0.3) is 0 Å². The van der Waals surface area contributed by atoms with Crippen molar-refractivity contribution in [3.8, 4) is 11.5 Å². The minimum atomic E-state index is -0.0986. The predicted molar refractivity (Wildman–Crippen MR) is 118 cm³/mol. The van der Waals surface area contributed by atoms with E-state index in [0.29, 0.717) is 67.2 Å². The number of nitrogens with one attached hydrogen (secondary N) is 2. The number of fused-ring (bicyclic) bond motifs is 1. The molecular formula is C22H25ClN4O4. The quantitative estimate of drug-likeness (QED) is 0.735. The van der Waals surface area contributed by atoms with Gasteiger partial charge in [-0.15, -0.1) is 0 Å². The van der Waals surface area contributed by atoms with Crippen molar-refractivity contribution in [2.45, 2.75) is 19.3 Å². The molecule has 9 heteroatoms. The third-order valence-corrected chi connectivity index (χ3v) is 5.56. The maximum Gasteiger partial charge on any atom is 0.238 e. The molecule has 1 aromatic carbocycles. The van der Waals surface area contributed by atoms with Crippen molar-refractivity contribution in [2.75, 3.05) is 43.5 Å². The predicted octanol–water partition coefficient (Wildman–Crippen LogP) is 3.19. The zero-order valence-corrected chi connectivity index (χ0v) is 17.9. The van der Waals surface area contributed by atoms with Crippen LogP contribution in [-0.4, -0.2) is 54.5 Å². The summed E-state index contributed by atoms with van der Waals surface area (Å²) in [6.07, 6.45) is 3.72. The first kappa shape index (κ1) is 21.4. The van der Waals surface area contributed by atoms with Gasteiger partial charge in [0, 0.05) is 30.3 Å². The number of hydrogen-bond donors (Lipinski definition) is 2. The van der Waals surface area contributed by atoms with Crippen molar-refractivity contribution in [3.05, 3.63) is 41.6 Å². The summed E-state index contributed by atoms with van der Waals surface area (Å²) in [4.78, 5) is 31.1. The molecule has 0 saturated carbocycles. The van der Waals surface area contributed by atoms with E-state index in [1.165, 1.54) is 6.20 Å². The fourth-order valence-corrected chi connectivity index (χ4v) is 3.79. The molecule has 0 bridgehead atoms. The first-order chi connectivity index (χ1) is 15.1. The lowest BCUT2D eigenvalue weighted by atomic mass is 9.96. The number of aromatic nitrogens is 1. The van der Waals surface area contributed by atoms with Gasteiger partial charge in [0.2, 0.25) is 11.8 Å². The van der Waals surface area contributed by atoms with Crippen LogP contribution in [0.5, 0.6) is 11.5 Å². The van der Waals surface area contributed by atoms with Gasteiger partial charge in [-0.3, -0.25) is 14.5 Å². The van der Waals surface area contributed by atoms with E-state index < -0.39 is 0 Å². The Labute approximate surface area is 185 Å². The van der Waals surface area contributed by atoms with Crippen LogP contribution < -0.4 is 20.1 Å². The third kappa shape index (κ3) is 5.86. The molecule has 1 saturated heterocycles. The normalized spacial score (nSPS) is 16.9. The number of halogens is 1. The number of hydrogen-bond acceptors (Lipinski definition) is 6. The van der Waals surface area contributed by atoms with E-state index in [9.17, 15) is 9.59 Å². The first-order valence-corrected chi connectivity index (χ1v) is 10.8. The van der Waals surface area contributed by atoms with Gasteiger partial charge in [-0.05, 0) is 50.2 Å². The van der Waals surface area contributed by atoms with Gasteiger partial charge in [0.15, 0.2) is 11.5 Å². The summed E-state index contributed by atoms with van der Waals surface area (Å²) in [5.41, 5.74) is 0.680. The van der Waals surface area contributed by atoms with Crippen LogP contribution in [0.1, 0.15) is 19.3 Å². The van der Waals surface area contributed by atoms with Crippen LogP contribution in [-0.2, 0) is 9.59 Å². The number of ether oxygens (including phenoxy) is 2. The molecule has 4 rings (SSSR count). The summed E-state index contributed by atoms with van der Waals surface area (Å²) in [6, 6.07) is 8.79. The van der Waals surface area contributed by atoms with Crippen molar-refractivity contribution in [1.29, 1.82) is 0 Å². The van der Waals surface area contributed by atoms with E-state index in [1.807, 2.05) is 12.1 Å². The van der Waals surface area contributed by atoms with Crippen LogP contribution in [0.25, 0.3) is 0 Å². The molecule has 2 aromatic rings. The van der Waals surface area contributed by atoms with Gasteiger partial charge >= 0.3 is 0 Å². The molecule has 8 nitrogen and oxygen atoms in total. The zero-order chi connectivity index (χ0) is 21.6. The minimum absolute atomic E-state index is 0.0499. The van der Waals surface area contributed by atoms with E-state index in [-0.39, 0.29) is 24.3 Å². The number of likely N-dealkylation sites (tertiary alicyclic amines) is 1. The van der Waals surface area contributed by atoms with Gasteiger partial charge in [0.1, 0.15) is 5.82 Å². The SMILES string of the molecule is O=C(CN1CCC(C(=O)Nc2ccc(Cl)cn2)CC1)Nc1ccc2c(c1)OCCCO2. The lowest BCUT2D eigenvalue weighted by Crippen LogP contribution is -2.41. The first-order valence-electron chi connectivity index (χ1n) is 10.4.